The molecule has 0 aromatic heterocycles. The summed E-state index contributed by atoms with van der Waals surface area (Å²) in [4.78, 5) is -0.368. The lowest BCUT2D eigenvalue weighted by Gasteiger charge is -2.10. The molecule has 0 saturated heterocycles. The van der Waals surface area contributed by atoms with Crippen LogP contribution in [-0.2, 0) is 16.2 Å². The Balaban J connectivity index is 1.91. The van der Waals surface area contributed by atoms with Crippen LogP contribution in [0.25, 0.3) is 0 Å². The van der Waals surface area contributed by atoms with E-state index in [1.807, 2.05) is 0 Å². The largest absolute Gasteiger partial charge is 0.416 e. The van der Waals surface area contributed by atoms with Gasteiger partial charge in [0.25, 0.3) is 0 Å². The van der Waals surface area contributed by atoms with Crippen LogP contribution in [0.15, 0.2) is 29.2 Å². The smallest absolute Gasteiger partial charge is 0.314 e. The van der Waals surface area contributed by atoms with E-state index in [-0.39, 0.29) is 11.4 Å². The number of alkyl halides is 3. The van der Waals surface area contributed by atoms with Crippen molar-refractivity contribution in [1.29, 1.82) is 0 Å². The Bertz CT molecular complexity index is 583. The van der Waals surface area contributed by atoms with E-state index in [0.717, 1.165) is 31.0 Å². The number of hydrogen-bond acceptors (Lipinski definition) is 3. The molecule has 0 atom stereocenters. The predicted molar refractivity (Wildman–Crippen MR) is 72.3 cm³/mol. The summed E-state index contributed by atoms with van der Waals surface area (Å²) in [5, 5.41) is 3.23. The number of halogens is 3. The summed E-state index contributed by atoms with van der Waals surface area (Å²) in [5.41, 5.74) is -0.972. The molecular weight excluding hydrogens is 305 g/mol. The Hall–Kier alpha value is -1.12. The van der Waals surface area contributed by atoms with Gasteiger partial charge in [-0.15, -0.1) is 0 Å². The molecule has 0 bridgehead atoms. The van der Waals surface area contributed by atoms with Gasteiger partial charge in [0.2, 0.25) is 10.0 Å². The van der Waals surface area contributed by atoms with Crippen LogP contribution in [0.1, 0.15) is 24.8 Å². The summed E-state index contributed by atoms with van der Waals surface area (Å²) in [7, 11) is -3.91. The average molecular weight is 322 g/mol. The van der Waals surface area contributed by atoms with Crippen molar-refractivity contribution in [3.8, 4) is 0 Å². The SMILES string of the molecule is O=S(=O)(NCCCNC1CC1)c1cccc(C(F)(F)F)c1. The zero-order valence-corrected chi connectivity index (χ0v) is 12.1. The molecule has 0 spiro atoms. The summed E-state index contributed by atoms with van der Waals surface area (Å²) >= 11 is 0. The molecule has 0 amide bonds. The fraction of sp³-hybridized carbons (Fsp3) is 0.538. The number of benzene rings is 1. The molecule has 118 valence electrons. The van der Waals surface area contributed by atoms with Crippen LogP contribution < -0.4 is 10.0 Å². The molecule has 1 aliphatic carbocycles. The van der Waals surface area contributed by atoms with Crippen LogP contribution >= 0.6 is 0 Å². The second-order valence-electron chi connectivity index (χ2n) is 5.01. The van der Waals surface area contributed by atoms with Crippen LogP contribution in [0.5, 0.6) is 0 Å². The monoisotopic (exact) mass is 322 g/mol. The van der Waals surface area contributed by atoms with Gasteiger partial charge < -0.3 is 5.32 Å². The van der Waals surface area contributed by atoms with Crippen molar-refractivity contribution in [3.05, 3.63) is 29.8 Å². The Morgan fingerprint density at radius 2 is 1.90 bits per heavy atom. The first-order valence-corrected chi connectivity index (χ1v) is 8.18. The van der Waals surface area contributed by atoms with Gasteiger partial charge in [0.1, 0.15) is 0 Å². The summed E-state index contributed by atoms with van der Waals surface area (Å²) in [6.07, 6.45) is -1.67. The molecule has 2 N–H and O–H groups in total. The second-order valence-corrected chi connectivity index (χ2v) is 6.77. The third kappa shape index (κ3) is 4.98. The Kier molecular flexibility index (Phi) is 4.90. The molecule has 1 aromatic rings. The van der Waals surface area contributed by atoms with Gasteiger partial charge in [0, 0.05) is 12.6 Å². The first kappa shape index (κ1) is 16.3. The van der Waals surface area contributed by atoms with Gasteiger partial charge in [-0.3, -0.25) is 0 Å². The van der Waals surface area contributed by atoms with Gasteiger partial charge in [0.15, 0.2) is 0 Å². The van der Waals surface area contributed by atoms with E-state index in [0.29, 0.717) is 25.1 Å². The number of sulfonamides is 1. The van der Waals surface area contributed by atoms with Crippen LogP contribution in [0.3, 0.4) is 0 Å². The fourth-order valence-corrected chi connectivity index (χ4v) is 2.93. The Morgan fingerprint density at radius 1 is 1.19 bits per heavy atom. The van der Waals surface area contributed by atoms with Gasteiger partial charge in [-0.25, -0.2) is 13.1 Å². The highest BCUT2D eigenvalue weighted by Gasteiger charge is 2.31. The zero-order valence-electron chi connectivity index (χ0n) is 11.3. The lowest BCUT2D eigenvalue weighted by atomic mass is 10.2. The average Bonchev–Trinajstić information content (AvgIpc) is 3.21. The van der Waals surface area contributed by atoms with Crippen molar-refractivity contribution in [3.63, 3.8) is 0 Å². The van der Waals surface area contributed by atoms with Crippen LogP contribution in [0, 0.1) is 0 Å². The van der Waals surface area contributed by atoms with Crippen molar-refractivity contribution in [1.82, 2.24) is 10.0 Å². The maximum atomic E-state index is 12.6. The van der Waals surface area contributed by atoms with Crippen molar-refractivity contribution in [2.24, 2.45) is 0 Å². The lowest BCUT2D eigenvalue weighted by molar-refractivity contribution is -0.137. The number of nitrogens with one attached hydrogen (secondary N) is 2. The summed E-state index contributed by atoms with van der Waals surface area (Å²) < 4.78 is 63.9. The fourth-order valence-electron chi connectivity index (χ4n) is 1.81. The number of rotatable bonds is 7. The van der Waals surface area contributed by atoms with Crippen molar-refractivity contribution < 1.29 is 21.6 Å². The third-order valence-electron chi connectivity index (χ3n) is 3.13. The molecular formula is C13H17F3N2O2S. The molecule has 1 aromatic carbocycles. The molecule has 4 nitrogen and oxygen atoms in total. The van der Waals surface area contributed by atoms with Crippen LogP contribution in [-0.4, -0.2) is 27.5 Å². The highest BCUT2D eigenvalue weighted by atomic mass is 32.2. The highest BCUT2D eigenvalue weighted by Crippen LogP contribution is 2.30. The van der Waals surface area contributed by atoms with Gasteiger partial charge in [-0.2, -0.15) is 13.2 Å². The predicted octanol–water partition coefficient (Wildman–Crippen LogP) is 2.13. The molecule has 1 saturated carbocycles. The minimum atomic E-state index is -4.56. The summed E-state index contributed by atoms with van der Waals surface area (Å²) in [6.45, 7) is 0.883. The molecule has 0 heterocycles. The molecule has 0 unspecified atom stereocenters. The van der Waals surface area contributed by atoms with Gasteiger partial charge in [-0.05, 0) is 44.0 Å². The molecule has 2 rings (SSSR count). The highest BCUT2D eigenvalue weighted by molar-refractivity contribution is 7.89. The molecule has 8 heteroatoms. The van der Waals surface area contributed by atoms with E-state index in [1.165, 1.54) is 0 Å². The number of hydrogen-bond donors (Lipinski definition) is 2. The van der Waals surface area contributed by atoms with Crippen LogP contribution in [0.2, 0.25) is 0 Å². The van der Waals surface area contributed by atoms with E-state index in [9.17, 15) is 21.6 Å². The molecule has 0 radical (unpaired) electrons. The second kappa shape index (κ2) is 6.33. The van der Waals surface area contributed by atoms with Crippen molar-refractivity contribution in [2.45, 2.75) is 36.4 Å². The lowest BCUT2D eigenvalue weighted by Crippen LogP contribution is -2.28. The Morgan fingerprint density at radius 3 is 2.52 bits per heavy atom. The van der Waals surface area contributed by atoms with E-state index in [2.05, 4.69) is 10.0 Å². The summed E-state index contributed by atoms with van der Waals surface area (Å²) in [5.74, 6) is 0. The Labute approximate surface area is 121 Å². The minimum Gasteiger partial charge on any atom is -0.314 e. The molecule has 21 heavy (non-hydrogen) atoms. The third-order valence-corrected chi connectivity index (χ3v) is 4.59. The van der Waals surface area contributed by atoms with Gasteiger partial charge in [-0.1, -0.05) is 6.07 Å². The normalized spacial score (nSPS) is 16.1. The van der Waals surface area contributed by atoms with E-state index < -0.39 is 21.8 Å². The molecule has 0 aliphatic heterocycles. The van der Waals surface area contributed by atoms with Crippen LogP contribution in [0.4, 0.5) is 13.2 Å². The van der Waals surface area contributed by atoms with Crippen molar-refractivity contribution in [2.75, 3.05) is 13.1 Å². The maximum Gasteiger partial charge on any atom is 0.416 e. The van der Waals surface area contributed by atoms with E-state index in [1.54, 1.807) is 0 Å². The van der Waals surface area contributed by atoms with Crippen molar-refractivity contribution >= 4 is 10.0 Å². The van der Waals surface area contributed by atoms with E-state index in [4.69, 9.17) is 0 Å². The standard InChI is InChI=1S/C13H17F3N2O2S/c14-13(15,16)10-3-1-4-12(9-10)21(19,20)18-8-2-7-17-11-5-6-11/h1,3-4,9,11,17-18H,2,5-8H2. The topological polar surface area (TPSA) is 58.2 Å². The summed E-state index contributed by atoms with van der Waals surface area (Å²) in [6, 6.07) is 4.28. The molecule has 1 fully saturated rings. The zero-order chi connectivity index (χ0) is 15.5. The first-order valence-electron chi connectivity index (χ1n) is 6.69. The minimum absolute atomic E-state index is 0.193. The quantitative estimate of drug-likeness (QED) is 0.756. The maximum absolute atomic E-state index is 12.6. The van der Waals surface area contributed by atoms with Gasteiger partial charge in [0.05, 0.1) is 10.5 Å². The van der Waals surface area contributed by atoms with E-state index >= 15 is 0 Å². The van der Waals surface area contributed by atoms with Gasteiger partial charge >= 0.3 is 6.18 Å². The first-order chi connectivity index (χ1) is 9.79. The molecule has 1 aliphatic rings.